The predicted octanol–water partition coefficient (Wildman–Crippen LogP) is 11.8. The summed E-state index contributed by atoms with van der Waals surface area (Å²) in [5.74, 6) is -0.0883. The summed E-state index contributed by atoms with van der Waals surface area (Å²) in [5, 5.41) is 0. The molecule has 0 aliphatic heterocycles. The standard InChI is InChI=1S/C51H34O2/c52-49(37-21-9-3-10-22-37)41-29-39(35-17-5-1-6-18-35)31-43(33-41)51(47-27-15-13-25-45(47)46-26-14-16-28-48(46)51)44-32-40(36-19-7-2-8-20-36)30-42(34-44)50(53)38-23-11-4-12-24-38/h1-34H. The van der Waals surface area contributed by atoms with E-state index in [0.29, 0.717) is 22.3 Å². The Morgan fingerprint density at radius 1 is 0.302 bits per heavy atom. The van der Waals surface area contributed by atoms with E-state index in [1.54, 1.807) is 0 Å². The molecule has 0 bridgehead atoms. The van der Waals surface area contributed by atoms with Crippen molar-refractivity contribution < 1.29 is 9.59 Å². The van der Waals surface area contributed by atoms with Crippen LogP contribution < -0.4 is 0 Å². The van der Waals surface area contributed by atoms with Gasteiger partial charge in [-0.3, -0.25) is 9.59 Å². The number of benzene rings is 8. The smallest absolute Gasteiger partial charge is 0.193 e. The first-order valence-corrected chi connectivity index (χ1v) is 17.9. The van der Waals surface area contributed by atoms with E-state index >= 15 is 0 Å². The van der Waals surface area contributed by atoms with Crippen molar-refractivity contribution in [2.45, 2.75) is 5.41 Å². The van der Waals surface area contributed by atoms with E-state index in [-0.39, 0.29) is 11.6 Å². The van der Waals surface area contributed by atoms with Crippen molar-refractivity contribution in [3.05, 3.63) is 251 Å². The lowest BCUT2D eigenvalue weighted by molar-refractivity contribution is 0.103. The second-order valence-corrected chi connectivity index (χ2v) is 13.6. The Kier molecular flexibility index (Phi) is 8.06. The van der Waals surface area contributed by atoms with Gasteiger partial charge in [-0.1, -0.05) is 170 Å². The average Bonchev–Trinajstić information content (AvgIpc) is 3.55. The van der Waals surface area contributed by atoms with Crippen LogP contribution in [0, 0.1) is 0 Å². The summed E-state index contributed by atoms with van der Waals surface area (Å²) in [4.78, 5) is 28.8. The molecule has 8 aromatic carbocycles. The zero-order chi connectivity index (χ0) is 35.8. The highest BCUT2D eigenvalue weighted by Gasteiger charge is 2.47. The average molecular weight is 679 g/mol. The second-order valence-electron chi connectivity index (χ2n) is 13.6. The third-order valence-corrected chi connectivity index (χ3v) is 10.5. The third kappa shape index (κ3) is 5.53. The lowest BCUT2D eigenvalue weighted by Crippen LogP contribution is -2.29. The van der Waals surface area contributed by atoms with Crippen LogP contribution in [0.3, 0.4) is 0 Å². The largest absolute Gasteiger partial charge is 0.289 e. The molecule has 0 atom stereocenters. The van der Waals surface area contributed by atoms with Crippen molar-refractivity contribution in [2.75, 3.05) is 0 Å². The number of rotatable bonds is 8. The fraction of sp³-hybridized carbons (Fsp3) is 0.0196. The highest BCUT2D eigenvalue weighted by molar-refractivity contribution is 6.11. The first-order valence-electron chi connectivity index (χ1n) is 17.9. The van der Waals surface area contributed by atoms with E-state index in [4.69, 9.17) is 0 Å². The SMILES string of the molecule is O=C(c1ccccc1)c1cc(-c2ccccc2)cc(C2(c3cc(C(=O)c4ccccc4)cc(-c4ccccc4)c3)c3ccccc3-c3ccccc32)c1. The van der Waals surface area contributed by atoms with E-state index < -0.39 is 5.41 Å². The van der Waals surface area contributed by atoms with Crippen LogP contribution >= 0.6 is 0 Å². The molecule has 1 aliphatic carbocycles. The monoisotopic (exact) mass is 678 g/mol. The van der Waals surface area contributed by atoms with Crippen molar-refractivity contribution >= 4 is 11.6 Å². The van der Waals surface area contributed by atoms with Crippen molar-refractivity contribution in [3.63, 3.8) is 0 Å². The van der Waals surface area contributed by atoms with Crippen LogP contribution in [0.4, 0.5) is 0 Å². The van der Waals surface area contributed by atoms with Gasteiger partial charge in [-0.05, 0) is 92.0 Å². The topological polar surface area (TPSA) is 34.1 Å². The second kappa shape index (κ2) is 13.3. The first-order chi connectivity index (χ1) is 26.1. The highest BCUT2D eigenvalue weighted by atomic mass is 16.1. The number of ketones is 2. The van der Waals surface area contributed by atoms with Crippen molar-refractivity contribution in [2.24, 2.45) is 0 Å². The minimum atomic E-state index is -0.875. The summed E-state index contributed by atoms with van der Waals surface area (Å²) in [6, 6.07) is 69.2. The lowest BCUT2D eigenvalue weighted by atomic mass is 9.66. The zero-order valence-electron chi connectivity index (χ0n) is 28.9. The summed E-state index contributed by atoms with van der Waals surface area (Å²) in [5.41, 5.74) is 11.9. The fourth-order valence-electron chi connectivity index (χ4n) is 8.08. The fourth-order valence-corrected chi connectivity index (χ4v) is 8.08. The van der Waals surface area contributed by atoms with E-state index in [9.17, 15) is 9.59 Å². The predicted molar refractivity (Wildman–Crippen MR) is 214 cm³/mol. The van der Waals surface area contributed by atoms with Gasteiger partial charge in [0.15, 0.2) is 11.6 Å². The molecule has 0 unspecified atom stereocenters. The van der Waals surface area contributed by atoms with E-state index in [1.165, 1.54) is 0 Å². The third-order valence-electron chi connectivity index (χ3n) is 10.5. The number of fused-ring (bicyclic) bond motifs is 3. The van der Waals surface area contributed by atoms with E-state index in [0.717, 1.165) is 55.6 Å². The molecule has 0 heterocycles. The molecule has 0 amide bonds. The summed E-state index contributed by atoms with van der Waals surface area (Å²) in [6.45, 7) is 0. The molecule has 0 fully saturated rings. The van der Waals surface area contributed by atoms with Crippen LogP contribution in [0.1, 0.15) is 54.1 Å². The van der Waals surface area contributed by atoms with Crippen LogP contribution in [-0.4, -0.2) is 11.6 Å². The van der Waals surface area contributed by atoms with Gasteiger partial charge in [0.1, 0.15) is 0 Å². The Bertz CT molecular complexity index is 2440. The first kappa shape index (κ1) is 32.0. The molecule has 0 spiro atoms. The minimum absolute atomic E-state index is 0.0441. The van der Waals surface area contributed by atoms with E-state index in [2.05, 4.69) is 97.1 Å². The van der Waals surface area contributed by atoms with Crippen molar-refractivity contribution in [1.29, 1.82) is 0 Å². The normalized spacial score (nSPS) is 12.5. The Balaban J connectivity index is 1.41. The van der Waals surface area contributed by atoms with Crippen molar-refractivity contribution in [1.82, 2.24) is 0 Å². The summed E-state index contributed by atoms with van der Waals surface area (Å²) < 4.78 is 0. The maximum atomic E-state index is 14.4. The maximum Gasteiger partial charge on any atom is 0.193 e. The molecule has 1 aliphatic rings. The Hall–Kier alpha value is -6.90. The number of carbonyl (C=O) groups excluding carboxylic acids is 2. The van der Waals surface area contributed by atoms with Gasteiger partial charge >= 0.3 is 0 Å². The van der Waals surface area contributed by atoms with Crippen molar-refractivity contribution in [3.8, 4) is 33.4 Å². The molecule has 0 saturated carbocycles. The molecule has 0 saturated heterocycles. The van der Waals surface area contributed by atoms with Gasteiger partial charge in [-0.25, -0.2) is 0 Å². The Labute approximate surface area is 309 Å². The van der Waals surface area contributed by atoms with Gasteiger partial charge in [0.05, 0.1) is 5.41 Å². The molecular weight excluding hydrogens is 645 g/mol. The Morgan fingerprint density at radius 2 is 0.642 bits per heavy atom. The summed E-state index contributed by atoms with van der Waals surface area (Å²) in [7, 11) is 0. The van der Waals surface area contributed by atoms with Crippen LogP contribution in [0.2, 0.25) is 0 Å². The van der Waals surface area contributed by atoms with Gasteiger partial charge < -0.3 is 0 Å². The molecule has 53 heavy (non-hydrogen) atoms. The quantitative estimate of drug-likeness (QED) is 0.150. The highest BCUT2D eigenvalue weighted by Crippen LogP contribution is 2.57. The number of hydrogen-bond acceptors (Lipinski definition) is 2. The Morgan fingerprint density at radius 3 is 1.04 bits per heavy atom. The van der Waals surface area contributed by atoms with Crippen LogP contribution in [0.5, 0.6) is 0 Å². The molecule has 8 aromatic rings. The van der Waals surface area contributed by atoms with Gasteiger partial charge in [0, 0.05) is 22.3 Å². The molecule has 250 valence electrons. The lowest BCUT2D eigenvalue weighted by Gasteiger charge is -2.35. The number of hydrogen-bond donors (Lipinski definition) is 0. The minimum Gasteiger partial charge on any atom is -0.289 e. The summed E-state index contributed by atoms with van der Waals surface area (Å²) in [6.07, 6.45) is 0. The van der Waals surface area contributed by atoms with Gasteiger partial charge in [-0.15, -0.1) is 0 Å². The van der Waals surface area contributed by atoms with Gasteiger partial charge in [-0.2, -0.15) is 0 Å². The molecular formula is C51H34O2. The number of carbonyl (C=O) groups is 2. The summed E-state index contributed by atoms with van der Waals surface area (Å²) >= 11 is 0. The van der Waals surface area contributed by atoms with Crippen LogP contribution in [0.25, 0.3) is 33.4 Å². The zero-order valence-corrected chi connectivity index (χ0v) is 28.9. The van der Waals surface area contributed by atoms with Gasteiger partial charge in [0.25, 0.3) is 0 Å². The molecule has 0 radical (unpaired) electrons. The maximum absolute atomic E-state index is 14.4. The van der Waals surface area contributed by atoms with E-state index in [1.807, 2.05) is 109 Å². The molecule has 2 heteroatoms. The molecule has 0 N–H and O–H groups in total. The molecule has 2 nitrogen and oxygen atoms in total. The van der Waals surface area contributed by atoms with Gasteiger partial charge in [0.2, 0.25) is 0 Å². The molecule has 0 aromatic heterocycles. The van der Waals surface area contributed by atoms with Crippen LogP contribution in [0.15, 0.2) is 206 Å². The van der Waals surface area contributed by atoms with Crippen LogP contribution in [-0.2, 0) is 5.41 Å². The molecule has 9 rings (SSSR count).